The highest BCUT2D eigenvalue weighted by molar-refractivity contribution is 7.80. The molecule has 1 heteroatoms. The summed E-state index contributed by atoms with van der Waals surface area (Å²) in [5.41, 5.74) is 3.20. The van der Waals surface area contributed by atoms with Crippen LogP contribution in [0.2, 0.25) is 0 Å². The summed E-state index contributed by atoms with van der Waals surface area (Å²) < 4.78 is 0. The van der Waals surface area contributed by atoms with E-state index < -0.39 is 0 Å². The molecule has 0 fully saturated rings. The van der Waals surface area contributed by atoms with E-state index in [9.17, 15) is 0 Å². The summed E-state index contributed by atoms with van der Waals surface area (Å²) in [6.45, 7) is 0. The molecule has 0 amide bonds. The first-order valence-corrected chi connectivity index (χ1v) is 6.23. The molecule has 0 nitrogen and oxygen atoms in total. The van der Waals surface area contributed by atoms with Crippen LogP contribution in [0.15, 0.2) is 24.3 Å². The normalized spacial score (nSPS) is 20.5. The number of thiol groups is 1. The monoisotopic (exact) mass is 206 g/mol. The molecule has 2 rings (SSSR count). The van der Waals surface area contributed by atoms with Crippen LogP contribution in [-0.2, 0) is 6.42 Å². The lowest BCUT2D eigenvalue weighted by atomic mass is 9.81. The topological polar surface area (TPSA) is 0 Å². The van der Waals surface area contributed by atoms with Crippen molar-refractivity contribution in [2.45, 2.75) is 38.0 Å². The van der Waals surface area contributed by atoms with Gasteiger partial charge in [-0.2, -0.15) is 12.6 Å². The molecule has 0 heterocycles. The molecule has 0 aliphatic heterocycles. The Morgan fingerprint density at radius 2 is 2.14 bits per heavy atom. The maximum absolute atomic E-state index is 4.29. The highest BCUT2D eigenvalue weighted by Gasteiger charge is 2.18. The van der Waals surface area contributed by atoms with Crippen molar-refractivity contribution in [1.29, 1.82) is 0 Å². The summed E-state index contributed by atoms with van der Waals surface area (Å²) in [7, 11) is 0. The van der Waals surface area contributed by atoms with Crippen molar-refractivity contribution in [2.75, 3.05) is 5.75 Å². The predicted octanol–water partition coefficient (Wildman–Crippen LogP) is 3.82. The van der Waals surface area contributed by atoms with Gasteiger partial charge in [0.2, 0.25) is 0 Å². The van der Waals surface area contributed by atoms with Crippen molar-refractivity contribution in [3.63, 3.8) is 0 Å². The lowest BCUT2D eigenvalue weighted by molar-refractivity contribution is 0.517. The fraction of sp³-hybridized carbons (Fsp3) is 0.538. The van der Waals surface area contributed by atoms with Crippen LogP contribution < -0.4 is 0 Å². The number of hydrogen-bond acceptors (Lipinski definition) is 1. The molecule has 0 N–H and O–H groups in total. The summed E-state index contributed by atoms with van der Waals surface area (Å²) in [6.07, 6.45) is 6.61. The molecular weight excluding hydrogens is 188 g/mol. The summed E-state index contributed by atoms with van der Waals surface area (Å²) in [4.78, 5) is 0. The van der Waals surface area contributed by atoms with E-state index in [2.05, 4.69) is 36.9 Å². The van der Waals surface area contributed by atoms with Crippen LogP contribution in [0.25, 0.3) is 0 Å². The van der Waals surface area contributed by atoms with E-state index in [1.807, 2.05) is 0 Å². The second-order valence-electron chi connectivity index (χ2n) is 4.15. The Kier molecular flexibility index (Phi) is 3.52. The maximum atomic E-state index is 4.29. The molecule has 0 radical (unpaired) electrons. The first-order chi connectivity index (χ1) is 6.92. The van der Waals surface area contributed by atoms with Crippen LogP contribution in [0.5, 0.6) is 0 Å². The van der Waals surface area contributed by atoms with Gasteiger partial charge in [0.15, 0.2) is 0 Å². The first-order valence-electron chi connectivity index (χ1n) is 5.60. The largest absolute Gasteiger partial charge is 0.179 e. The number of rotatable bonds is 3. The molecule has 14 heavy (non-hydrogen) atoms. The van der Waals surface area contributed by atoms with Gasteiger partial charge in [-0.15, -0.1) is 0 Å². The summed E-state index contributed by atoms with van der Waals surface area (Å²) in [5.74, 6) is 1.84. The molecule has 76 valence electrons. The standard InChI is InChI=1S/C13H18S/c14-10-4-8-12-7-3-6-11-5-1-2-9-13(11)12/h1-2,5,9,12,14H,3-4,6-8,10H2. The van der Waals surface area contributed by atoms with Crippen LogP contribution in [-0.4, -0.2) is 5.75 Å². The summed E-state index contributed by atoms with van der Waals surface area (Å²) >= 11 is 4.29. The molecule has 0 bridgehead atoms. The third-order valence-corrected chi connectivity index (χ3v) is 3.52. The van der Waals surface area contributed by atoms with Crippen molar-refractivity contribution in [1.82, 2.24) is 0 Å². The van der Waals surface area contributed by atoms with Gasteiger partial charge in [-0.3, -0.25) is 0 Å². The number of fused-ring (bicyclic) bond motifs is 1. The van der Waals surface area contributed by atoms with Gasteiger partial charge in [0.05, 0.1) is 0 Å². The lowest BCUT2D eigenvalue weighted by Crippen LogP contribution is -2.09. The van der Waals surface area contributed by atoms with Gasteiger partial charge in [0.1, 0.15) is 0 Å². The number of benzene rings is 1. The van der Waals surface area contributed by atoms with Crippen LogP contribution >= 0.6 is 12.6 Å². The van der Waals surface area contributed by atoms with E-state index in [0.717, 1.165) is 11.7 Å². The summed E-state index contributed by atoms with van der Waals surface area (Å²) in [6, 6.07) is 8.96. The molecule has 0 spiro atoms. The molecule has 0 aromatic heterocycles. The van der Waals surface area contributed by atoms with E-state index in [0.29, 0.717) is 0 Å². The van der Waals surface area contributed by atoms with Crippen molar-refractivity contribution < 1.29 is 0 Å². The van der Waals surface area contributed by atoms with E-state index in [1.54, 1.807) is 11.1 Å². The lowest BCUT2D eigenvalue weighted by Gasteiger charge is -2.25. The van der Waals surface area contributed by atoms with Gasteiger partial charge in [-0.1, -0.05) is 24.3 Å². The zero-order valence-electron chi connectivity index (χ0n) is 8.58. The zero-order chi connectivity index (χ0) is 9.80. The second-order valence-corrected chi connectivity index (χ2v) is 4.60. The molecule has 0 saturated heterocycles. The van der Waals surface area contributed by atoms with Gasteiger partial charge in [0, 0.05) is 0 Å². The van der Waals surface area contributed by atoms with Gasteiger partial charge in [0.25, 0.3) is 0 Å². The first kappa shape index (κ1) is 10.1. The number of aryl methyl sites for hydroxylation is 1. The Morgan fingerprint density at radius 3 is 3.00 bits per heavy atom. The molecule has 1 aromatic rings. The average Bonchev–Trinajstić information content (AvgIpc) is 2.26. The highest BCUT2D eigenvalue weighted by Crippen LogP contribution is 2.34. The molecular formula is C13H18S. The SMILES string of the molecule is SCCCC1CCCc2ccccc21. The Bertz CT molecular complexity index is 293. The van der Waals surface area contributed by atoms with Crippen LogP contribution in [0.3, 0.4) is 0 Å². The smallest absolute Gasteiger partial charge is 0.00977 e. The van der Waals surface area contributed by atoms with E-state index in [4.69, 9.17) is 0 Å². The van der Waals surface area contributed by atoms with Crippen LogP contribution in [0.4, 0.5) is 0 Å². The van der Waals surface area contributed by atoms with Crippen LogP contribution in [0.1, 0.15) is 42.7 Å². The minimum Gasteiger partial charge on any atom is -0.179 e. The van der Waals surface area contributed by atoms with E-state index in [-0.39, 0.29) is 0 Å². The fourth-order valence-electron chi connectivity index (χ4n) is 2.49. The Hall–Kier alpha value is -0.430. The molecule has 1 aliphatic rings. The summed E-state index contributed by atoms with van der Waals surface area (Å²) in [5, 5.41) is 0. The Morgan fingerprint density at radius 1 is 1.29 bits per heavy atom. The van der Waals surface area contributed by atoms with Crippen molar-refractivity contribution in [3.05, 3.63) is 35.4 Å². The Labute approximate surface area is 92.1 Å². The van der Waals surface area contributed by atoms with E-state index in [1.165, 1.54) is 32.1 Å². The molecule has 0 saturated carbocycles. The minimum absolute atomic E-state index is 0.812. The quantitative estimate of drug-likeness (QED) is 0.714. The highest BCUT2D eigenvalue weighted by atomic mass is 32.1. The fourth-order valence-corrected chi connectivity index (χ4v) is 2.67. The molecule has 1 aromatic carbocycles. The molecule has 1 atom stereocenters. The number of hydrogen-bond donors (Lipinski definition) is 1. The Balaban J connectivity index is 2.14. The second kappa shape index (κ2) is 4.88. The third-order valence-electron chi connectivity index (χ3n) is 3.20. The third kappa shape index (κ3) is 2.14. The van der Waals surface area contributed by atoms with Gasteiger partial charge >= 0.3 is 0 Å². The van der Waals surface area contributed by atoms with Gasteiger partial charge in [-0.25, -0.2) is 0 Å². The molecule has 1 unspecified atom stereocenters. The van der Waals surface area contributed by atoms with E-state index >= 15 is 0 Å². The van der Waals surface area contributed by atoms with Gasteiger partial charge < -0.3 is 0 Å². The average molecular weight is 206 g/mol. The minimum atomic E-state index is 0.812. The van der Waals surface area contributed by atoms with Gasteiger partial charge in [-0.05, 0) is 54.9 Å². The van der Waals surface area contributed by atoms with Crippen molar-refractivity contribution in [2.24, 2.45) is 0 Å². The zero-order valence-corrected chi connectivity index (χ0v) is 9.47. The van der Waals surface area contributed by atoms with Crippen LogP contribution in [0, 0.1) is 0 Å². The predicted molar refractivity (Wildman–Crippen MR) is 65.2 cm³/mol. The van der Waals surface area contributed by atoms with Crippen molar-refractivity contribution >= 4 is 12.6 Å². The maximum Gasteiger partial charge on any atom is -0.00977 e. The molecule has 1 aliphatic carbocycles. The van der Waals surface area contributed by atoms with Crippen molar-refractivity contribution in [3.8, 4) is 0 Å².